The second-order valence-electron chi connectivity index (χ2n) is 3.14. The lowest BCUT2D eigenvalue weighted by atomic mass is 10.2. The minimum absolute atomic E-state index is 0.0480. The van der Waals surface area contributed by atoms with E-state index in [4.69, 9.17) is 10.2 Å². The lowest BCUT2D eigenvalue weighted by Crippen LogP contribution is -1.93. The zero-order valence-electron chi connectivity index (χ0n) is 8.19. The van der Waals surface area contributed by atoms with Gasteiger partial charge in [-0.2, -0.15) is 0 Å². The molecule has 14 heavy (non-hydrogen) atoms. The fourth-order valence-corrected chi connectivity index (χ4v) is 1.32. The average Bonchev–Trinajstić information content (AvgIpc) is 2.91. The molecule has 2 heteroatoms. The molecule has 0 heterocycles. The Morgan fingerprint density at radius 2 is 1.71 bits per heavy atom. The van der Waals surface area contributed by atoms with Crippen LogP contribution in [0.5, 0.6) is 0 Å². The zero-order chi connectivity index (χ0) is 10.2. The number of rotatable bonds is 2. The van der Waals surface area contributed by atoms with Crippen LogP contribution in [0, 0.1) is 0 Å². The smallest absolute Gasteiger partial charge is 0.0682 e. The van der Waals surface area contributed by atoms with Crippen molar-refractivity contribution in [3.05, 3.63) is 47.6 Å². The Morgan fingerprint density at radius 3 is 2.07 bits per heavy atom. The van der Waals surface area contributed by atoms with E-state index < -0.39 is 0 Å². The van der Waals surface area contributed by atoms with Gasteiger partial charge in [-0.1, -0.05) is 36.5 Å². The van der Waals surface area contributed by atoms with Gasteiger partial charge in [0.2, 0.25) is 0 Å². The molecule has 2 aliphatic carbocycles. The molecule has 0 fully saturated rings. The Labute approximate surface area is 84.6 Å². The summed E-state index contributed by atoms with van der Waals surface area (Å²) in [7, 11) is 0. The molecular weight excluding hydrogens is 176 g/mol. The van der Waals surface area contributed by atoms with Crippen LogP contribution >= 0.6 is 0 Å². The van der Waals surface area contributed by atoms with Crippen molar-refractivity contribution in [2.75, 3.05) is 13.2 Å². The summed E-state index contributed by atoms with van der Waals surface area (Å²) in [6.45, 7) is 0.120. The van der Waals surface area contributed by atoms with E-state index in [9.17, 15) is 0 Å². The number of hydrogen-bond acceptors (Lipinski definition) is 2. The van der Waals surface area contributed by atoms with Gasteiger partial charge in [0.15, 0.2) is 0 Å². The van der Waals surface area contributed by atoms with Crippen LogP contribution in [0.3, 0.4) is 0 Å². The Morgan fingerprint density at radius 1 is 1.00 bits per heavy atom. The van der Waals surface area contributed by atoms with Crippen LogP contribution in [0.25, 0.3) is 0 Å². The SMILES string of the molecule is C1=CCC=C1.OCC1=C(CO)CC=C1. The molecule has 0 aromatic heterocycles. The Hall–Kier alpha value is -1.12. The molecule has 0 unspecified atom stereocenters. The third kappa shape index (κ3) is 3.32. The van der Waals surface area contributed by atoms with Crippen molar-refractivity contribution < 1.29 is 10.2 Å². The monoisotopic (exact) mass is 192 g/mol. The topological polar surface area (TPSA) is 40.5 Å². The Bertz CT molecular complexity index is 273. The second-order valence-corrected chi connectivity index (χ2v) is 3.14. The molecule has 0 aromatic rings. The molecule has 0 amide bonds. The van der Waals surface area contributed by atoms with Gasteiger partial charge in [0.05, 0.1) is 13.2 Å². The van der Waals surface area contributed by atoms with E-state index in [2.05, 4.69) is 24.3 Å². The molecule has 76 valence electrons. The first-order valence-electron chi connectivity index (χ1n) is 4.79. The van der Waals surface area contributed by atoms with Crippen molar-refractivity contribution in [2.24, 2.45) is 0 Å². The first kappa shape index (κ1) is 11.0. The molecule has 0 atom stereocenters. The summed E-state index contributed by atoms with van der Waals surface area (Å²) in [5.74, 6) is 0. The minimum Gasteiger partial charge on any atom is -0.392 e. The van der Waals surface area contributed by atoms with E-state index in [1.807, 2.05) is 12.2 Å². The highest BCUT2D eigenvalue weighted by molar-refractivity contribution is 5.34. The van der Waals surface area contributed by atoms with Crippen LogP contribution < -0.4 is 0 Å². The van der Waals surface area contributed by atoms with Gasteiger partial charge < -0.3 is 10.2 Å². The van der Waals surface area contributed by atoms with Crippen molar-refractivity contribution in [3.63, 3.8) is 0 Å². The first-order chi connectivity index (χ1) is 6.88. The van der Waals surface area contributed by atoms with Crippen molar-refractivity contribution >= 4 is 0 Å². The molecule has 0 bridgehead atoms. The van der Waals surface area contributed by atoms with E-state index in [1.165, 1.54) is 0 Å². The summed E-state index contributed by atoms with van der Waals surface area (Å²) in [4.78, 5) is 0. The normalized spacial score (nSPS) is 17.6. The number of hydrogen-bond donors (Lipinski definition) is 2. The summed E-state index contributed by atoms with van der Waals surface area (Å²) in [6.07, 6.45) is 14.1. The van der Waals surface area contributed by atoms with Crippen LogP contribution in [0.1, 0.15) is 12.8 Å². The molecule has 2 aliphatic rings. The maximum Gasteiger partial charge on any atom is 0.0682 e. The number of aliphatic hydroxyl groups excluding tert-OH is 2. The maximum atomic E-state index is 8.66. The quantitative estimate of drug-likeness (QED) is 0.699. The fraction of sp³-hybridized carbons (Fsp3) is 0.333. The predicted molar refractivity (Wildman–Crippen MR) is 57.9 cm³/mol. The van der Waals surface area contributed by atoms with Gasteiger partial charge in [-0.05, 0) is 24.0 Å². The van der Waals surface area contributed by atoms with Gasteiger partial charge in [0, 0.05) is 0 Å². The fourth-order valence-electron chi connectivity index (χ4n) is 1.32. The van der Waals surface area contributed by atoms with Crippen LogP contribution in [0.15, 0.2) is 47.6 Å². The molecule has 0 radical (unpaired) electrons. The lowest BCUT2D eigenvalue weighted by Gasteiger charge is -1.97. The average molecular weight is 192 g/mol. The molecule has 0 saturated heterocycles. The second kappa shape index (κ2) is 6.35. The van der Waals surface area contributed by atoms with Crippen LogP contribution in [-0.4, -0.2) is 23.4 Å². The van der Waals surface area contributed by atoms with Crippen molar-refractivity contribution in [2.45, 2.75) is 12.8 Å². The highest BCUT2D eigenvalue weighted by Gasteiger charge is 2.05. The standard InChI is InChI=1S/C7H10O2.C5H6/c8-4-6-2-1-3-7(6)5-9;1-2-4-5-3-1/h1-2,8-9H,3-5H2;1-4H,5H2. The highest BCUT2D eigenvalue weighted by Crippen LogP contribution is 2.16. The van der Waals surface area contributed by atoms with Crippen molar-refractivity contribution in [3.8, 4) is 0 Å². The van der Waals surface area contributed by atoms with Gasteiger partial charge >= 0.3 is 0 Å². The third-order valence-electron chi connectivity index (χ3n) is 2.15. The summed E-state index contributed by atoms with van der Waals surface area (Å²) < 4.78 is 0. The van der Waals surface area contributed by atoms with Crippen LogP contribution in [-0.2, 0) is 0 Å². The largest absolute Gasteiger partial charge is 0.392 e. The number of allylic oxidation sites excluding steroid dienone is 5. The molecule has 0 saturated carbocycles. The summed E-state index contributed by atoms with van der Waals surface area (Å²) in [6, 6.07) is 0. The molecule has 0 aromatic carbocycles. The minimum atomic E-state index is 0.0480. The van der Waals surface area contributed by atoms with Crippen molar-refractivity contribution in [1.82, 2.24) is 0 Å². The molecule has 2 nitrogen and oxygen atoms in total. The molecular formula is C12H16O2. The van der Waals surface area contributed by atoms with E-state index in [1.54, 1.807) is 0 Å². The Balaban J connectivity index is 0.000000165. The predicted octanol–water partition coefficient (Wildman–Crippen LogP) is 1.73. The summed E-state index contributed by atoms with van der Waals surface area (Å²) >= 11 is 0. The van der Waals surface area contributed by atoms with Gasteiger partial charge in [-0.3, -0.25) is 0 Å². The van der Waals surface area contributed by atoms with Crippen LogP contribution in [0.4, 0.5) is 0 Å². The third-order valence-corrected chi connectivity index (χ3v) is 2.15. The van der Waals surface area contributed by atoms with Gasteiger partial charge in [-0.25, -0.2) is 0 Å². The molecule has 2 N–H and O–H groups in total. The molecule has 0 spiro atoms. The highest BCUT2D eigenvalue weighted by atomic mass is 16.3. The van der Waals surface area contributed by atoms with Gasteiger partial charge in [-0.15, -0.1) is 0 Å². The van der Waals surface area contributed by atoms with Gasteiger partial charge in [0.25, 0.3) is 0 Å². The van der Waals surface area contributed by atoms with E-state index >= 15 is 0 Å². The van der Waals surface area contributed by atoms with E-state index in [0.29, 0.717) is 0 Å². The molecule has 0 aliphatic heterocycles. The maximum absolute atomic E-state index is 8.66. The van der Waals surface area contributed by atoms with E-state index in [0.717, 1.165) is 24.0 Å². The van der Waals surface area contributed by atoms with E-state index in [-0.39, 0.29) is 13.2 Å². The molecule has 2 rings (SSSR count). The number of aliphatic hydroxyl groups is 2. The van der Waals surface area contributed by atoms with Crippen LogP contribution in [0.2, 0.25) is 0 Å². The first-order valence-corrected chi connectivity index (χ1v) is 4.79. The summed E-state index contributed by atoms with van der Waals surface area (Å²) in [5.41, 5.74) is 1.81. The zero-order valence-corrected chi connectivity index (χ0v) is 8.19. The Kier molecular flexibility index (Phi) is 4.97. The van der Waals surface area contributed by atoms with Crippen molar-refractivity contribution in [1.29, 1.82) is 0 Å². The summed E-state index contributed by atoms with van der Waals surface area (Å²) in [5, 5.41) is 17.3. The lowest BCUT2D eigenvalue weighted by molar-refractivity contribution is 0.314. The van der Waals surface area contributed by atoms with Gasteiger partial charge in [0.1, 0.15) is 0 Å².